The van der Waals surface area contributed by atoms with E-state index in [1.54, 1.807) is 4.90 Å². The molecule has 1 aromatic heterocycles. The van der Waals surface area contributed by atoms with Crippen molar-refractivity contribution < 1.29 is 18.0 Å². The Morgan fingerprint density at radius 2 is 1.57 bits per heavy atom. The zero-order chi connectivity index (χ0) is 25.2. The zero-order valence-corrected chi connectivity index (χ0v) is 21.0. The highest BCUT2D eigenvalue weighted by atomic mass is 32.2. The smallest absolute Gasteiger partial charge is 0.274 e. The Morgan fingerprint density at radius 3 is 2.20 bits per heavy atom. The van der Waals surface area contributed by atoms with Crippen molar-refractivity contribution in [1.82, 2.24) is 13.8 Å². The molecule has 2 amide bonds. The number of rotatable bonds is 5. The molecule has 0 aliphatic carbocycles. The molecule has 2 saturated heterocycles. The van der Waals surface area contributed by atoms with Crippen LogP contribution in [0.1, 0.15) is 59.7 Å². The summed E-state index contributed by atoms with van der Waals surface area (Å²) in [4.78, 5) is 40.4. The monoisotopic (exact) mass is 500 g/mol. The van der Waals surface area contributed by atoms with E-state index in [1.165, 1.54) is 52.4 Å². The Hall–Kier alpha value is -2.98. The Balaban J connectivity index is 1.50. The molecular weight excluding hydrogens is 468 g/mol. The average molecular weight is 501 g/mol. The molecule has 0 spiro atoms. The van der Waals surface area contributed by atoms with Crippen LogP contribution in [0.5, 0.6) is 0 Å². The fourth-order valence-electron chi connectivity index (χ4n) is 4.54. The quantitative estimate of drug-likeness (QED) is 0.679. The Morgan fingerprint density at radius 1 is 0.943 bits per heavy atom. The fraction of sp³-hybridized carbons (Fsp3) is 0.480. The van der Waals surface area contributed by atoms with Gasteiger partial charge in [-0.05, 0) is 61.9 Å². The van der Waals surface area contributed by atoms with E-state index in [2.05, 4.69) is 12.2 Å². The molecular formula is C25H32N4O5S. The second-order valence-electron chi connectivity index (χ2n) is 9.48. The SMILES string of the molecule is CC1CCN(C(=O)c2cc(NC(=O)c3ccc(S(=O)(=O)N4CCCCC4)cc3)c(=O)n(C)c2)CC1. The van der Waals surface area contributed by atoms with Gasteiger partial charge in [0.25, 0.3) is 17.4 Å². The maximum Gasteiger partial charge on any atom is 0.274 e. The minimum Gasteiger partial charge on any atom is -0.339 e. The maximum absolute atomic E-state index is 13.0. The third-order valence-electron chi connectivity index (χ3n) is 6.82. The lowest BCUT2D eigenvalue weighted by Gasteiger charge is -2.30. The number of sulfonamides is 1. The van der Waals surface area contributed by atoms with Gasteiger partial charge in [0.1, 0.15) is 5.69 Å². The van der Waals surface area contributed by atoms with Crippen LogP contribution >= 0.6 is 0 Å². The number of hydrogen-bond donors (Lipinski definition) is 1. The number of pyridine rings is 1. The summed E-state index contributed by atoms with van der Waals surface area (Å²) in [5, 5.41) is 2.59. The second kappa shape index (κ2) is 10.3. The van der Waals surface area contributed by atoms with E-state index in [9.17, 15) is 22.8 Å². The normalized spacial score (nSPS) is 17.8. The van der Waals surface area contributed by atoms with Gasteiger partial charge in [0.05, 0.1) is 10.5 Å². The van der Waals surface area contributed by atoms with Gasteiger partial charge in [0, 0.05) is 45.0 Å². The van der Waals surface area contributed by atoms with Crippen LogP contribution in [0.25, 0.3) is 0 Å². The summed E-state index contributed by atoms with van der Waals surface area (Å²) in [7, 11) is -2.06. The maximum atomic E-state index is 13.0. The molecule has 1 N–H and O–H groups in total. The Kier molecular flexibility index (Phi) is 7.42. The molecule has 2 fully saturated rings. The van der Waals surface area contributed by atoms with Gasteiger partial charge in [0.15, 0.2) is 0 Å². The van der Waals surface area contributed by atoms with Crippen LogP contribution in [-0.4, -0.2) is 60.2 Å². The summed E-state index contributed by atoms with van der Waals surface area (Å²) in [6.07, 6.45) is 6.06. The number of likely N-dealkylation sites (tertiary alicyclic amines) is 1. The number of carbonyl (C=O) groups excluding carboxylic acids is 2. The van der Waals surface area contributed by atoms with Crippen molar-refractivity contribution in [3.8, 4) is 0 Å². The number of aromatic nitrogens is 1. The van der Waals surface area contributed by atoms with Gasteiger partial charge in [-0.1, -0.05) is 13.3 Å². The van der Waals surface area contributed by atoms with E-state index >= 15 is 0 Å². The number of piperidine rings is 2. The predicted octanol–water partition coefficient (Wildman–Crippen LogP) is 2.68. The van der Waals surface area contributed by atoms with Gasteiger partial charge in [-0.3, -0.25) is 14.4 Å². The van der Waals surface area contributed by atoms with Crippen LogP contribution in [0.15, 0.2) is 46.2 Å². The topological polar surface area (TPSA) is 109 Å². The molecule has 9 nitrogen and oxygen atoms in total. The molecule has 188 valence electrons. The standard InChI is InChI=1S/C25H32N4O5S/c1-18-10-14-28(15-11-18)24(31)20-16-22(25(32)27(2)17-20)26-23(30)19-6-8-21(9-7-19)35(33,34)29-12-4-3-5-13-29/h6-9,16-18H,3-5,10-15H2,1-2H3,(H,26,30). The minimum absolute atomic E-state index is 0.00116. The molecule has 0 saturated carbocycles. The van der Waals surface area contributed by atoms with Crippen LogP contribution in [0, 0.1) is 5.92 Å². The van der Waals surface area contributed by atoms with E-state index in [1.807, 2.05) is 0 Å². The van der Waals surface area contributed by atoms with Gasteiger partial charge in [-0.25, -0.2) is 8.42 Å². The van der Waals surface area contributed by atoms with Crippen LogP contribution in [0.2, 0.25) is 0 Å². The molecule has 10 heteroatoms. The molecule has 0 unspecified atom stereocenters. The van der Waals surface area contributed by atoms with Gasteiger partial charge in [0.2, 0.25) is 10.0 Å². The molecule has 0 radical (unpaired) electrons. The third kappa shape index (κ3) is 5.48. The van der Waals surface area contributed by atoms with Crippen molar-refractivity contribution in [3.05, 3.63) is 58.0 Å². The van der Waals surface area contributed by atoms with Crippen molar-refractivity contribution in [2.24, 2.45) is 13.0 Å². The summed E-state index contributed by atoms with van der Waals surface area (Å²) < 4.78 is 28.4. The van der Waals surface area contributed by atoms with Crippen LogP contribution in [0.3, 0.4) is 0 Å². The fourth-order valence-corrected chi connectivity index (χ4v) is 6.06. The van der Waals surface area contributed by atoms with E-state index < -0.39 is 21.5 Å². The molecule has 0 bridgehead atoms. The highest BCUT2D eigenvalue weighted by molar-refractivity contribution is 7.89. The summed E-state index contributed by atoms with van der Waals surface area (Å²) in [5.74, 6) is -0.147. The first-order valence-electron chi connectivity index (χ1n) is 12.1. The van der Waals surface area contributed by atoms with Gasteiger partial charge in [-0.2, -0.15) is 4.31 Å². The molecule has 1 aromatic carbocycles. The predicted molar refractivity (Wildman–Crippen MR) is 133 cm³/mol. The molecule has 2 aliphatic rings. The molecule has 4 rings (SSSR count). The first kappa shape index (κ1) is 25.1. The number of hydrogen-bond acceptors (Lipinski definition) is 5. The second-order valence-corrected chi connectivity index (χ2v) is 11.4. The van der Waals surface area contributed by atoms with Crippen molar-refractivity contribution >= 4 is 27.5 Å². The number of amides is 2. The van der Waals surface area contributed by atoms with Crippen molar-refractivity contribution in [2.75, 3.05) is 31.5 Å². The molecule has 3 heterocycles. The molecule has 2 aromatic rings. The summed E-state index contributed by atoms with van der Waals surface area (Å²) in [5.41, 5.74) is 0.108. The van der Waals surface area contributed by atoms with Crippen LogP contribution in [0.4, 0.5) is 5.69 Å². The van der Waals surface area contributed by atoms with Gasteiger partial charge < -0.3 is 14.8 Å². The van der Waals surface area contributed by atoms with Gasteiger partial charge >= 0.3 is 0 Å². The average Bonchev–Trinajstić information content (AvgIpc) is 2.87. The Bertz CT molecular complexity index is 1260. The first-order valence-corrected chi connectivity index (χ1v) is 13.5. The number of aryl methyl sites for hydroxylation is 1. The molecule has 35 heavy (non-hydrogen) atoms. The molecule has 2 aliphatic heterocycles. The summed E-state index contributed by atoms with van der Waals surface area (Å²) >= 11 is 0. The van der Waals surface area contributed by atoms with E-state index in [-0.39, 0.29) is 22.1 Å². The number of nitrogens with one attached hydrogen (secondary N) is 1. The largest absolute Gasteiger partial charge is 0.339 e. The highest BCUT2D eigenvalue weighted by Crippen LogP contribution is 2.22. The first-order chi connectivity index (χ1) is 16.7. The summed E-state index contributed by atoms with van der Waals surface area (Å²) in [6, 6.07) is 7.10. The minimum atomic E-state index is -3.60. The highest BCUT2D eigenvalue weighted by Gasteiger charge is 2.26. The van der Waals surface area contributed by atoms with E-state index in [0.29, 0.717) is 37.7 Å². The lowest BCUT2D eigenvalue weighted by Crippen LogP contribution is -2.38. The van der Waals surface area contributed by atoms with Crippen LogP contribution < -0.4 is 10.9 Å². The lowest BCUT2D eigenvalue weighted by molar-refractivity contribution is 0.0696. The lowest BCUT2D eigenvalue weighted by atomic mass is 9.99. The summed E-state index contributed by atoms with van der Waals surface area (Å²) in [6.45, 7) is 4.49. The van der Waals surface area contributed by atoms with Crippen molar-refractivity contribution in [1.29, 1.82) is 0 Å². The Labute approximate surface area is 205 Å². The van der Waals surface area contributed by atoms with E-state index in [0.717, 1.165) is 32.1 Å². The number of benzene rings is 1. The number of nitrogens with zero attached hydrogens (tertiary/aromatic N) is 3. The number of carbonyl (C=O) groups is 2. The number of anilines is 1. The van der Waals surface area contributed by atoms with Crippen molar-refractivity contribution in [3.63, 3.8) is 0 Å². The molecule has 0 atom stereocenters. The van der Waals surface area contributed by atoms with Crippen LogP contribution in [-0.2, 0) is 17.1 Å². The zero-order valence-electron chi connectivity index (χ0n) is 20.2. The van der Waals surface area contributed by atoms with Crippen molar-refractivity contribution in [2.45, 2.75) is 43.9 Å². The van der Waals surface area contributed by atoms with E-state index in [4.69, 9.17) is 0 Å². The third-order valence-corrected chi connectivity index (χ3v) is 8.73. The van der Waals surface area contributed by atoms with Gasteiger partial charge in [-0.15, -0.1) is 0 Å².